The maximum atomic E-state index is 13.4. The molecule has 0 aliphatic rings. The maximum Gasteiger partial charge on any atom is 0.224 e. The molecular formula is C15H21ClFNO. The third kappa shape index (κ3) is 6.58. The van der Waals surface area contributed by atoms with E-state index in [1.165, 1.54) is 6.07 Å². The lowest BCUT2D eigenvalue weighted by atomic mass is 9.90. The number of hydrogen-bond acceptors (Lipinski definition) is 1. The van der Waals surface area contributed by atoms with Gasteiger partial charge in [-0.3, -0.25) is 4.79 Å². The van der Waals surface area contributed by atoms with Gasteiger partial charge in [0.15, 0.2) is 0 Å². The van der Waals surface area contributed by atoms with E-state index in [9.17, 15) is 9.18 Å². The summed E-state index contributed by atoms with van der Waals surface area (Å²) in [6.45, 7) is 6.71. The Labute approximate surface area is 119 Å². The van der Waals surface area contributed by atoms with Crippen molar-refractivity contribution in [3.05, 3.63) is 35.6 Å². The van der Waals surface area contributed by atoms with E-state index in [0.29, 0.717) is 12.1 Å². The molecule has 0 aromatic heterocycles. The zero-order valence-corrected chi connectivity index (χ0v) is 12.4. The molecule has 0 spiro atoms. The first kappa shape index (κ1) is 16.0. The summed E-state index contributed by atoms with van der Waals surface area (Å²) in [5, 5.41) is 2.64. The van der Waals surface area contributed by atoms with E-state index < -0.39 is 0 Å². The minimum atomic E-state index is -0.352. The summed E-state index contributed by atoms with van der Waals surface area (Å²) in [6, 6.07) is 6.29. The van der Waals surface area contributed by atoms with Crippen molar-refractivity contribution >= 4 is 17.5 Å². The van der Waals surface area contributed by atoms with Crippen LogP contribution in [0.1, 0.15) is 32.8 Å². The highest BCUT2D eigenvalue weighted by atomic mass is 35.5. The standard InChI is InChI=1S/C15H21ClFNO/c1-15(2,3)9-12(16)10-18-14(19)8-11-6-4-5-7-13(11)17/h4-7,12H,8-10H2,1-3H3,(H,18,19). The molecule has 2 nitrogen and oxygen atoms in total. The molecule has 0 heterocycles. The second kappa shape index (κ2) is 6.90. The van der Waals surface area contributed by atoms with Crippen molar-refractivity contribution in [2.24, 2.45) is 5.41 Å². The quantitative estimate of drug-likeness (QED) is 0.824. The molecule has 4 heteroatoms. The largest absolute Gasteiger partial charge is 0.354 e. The molecule has 0 saturated carbocycles. The average molecular weight is 286 g/mol. The predicted octanol–water partition coefficient (Wildman–Crippen LogP) is 3.53. The van der Waals surface area contributed by atoms with Crippen LogP contribution in [0.3, 0.4) is 0 Å². The smallest absolute Gasteiger partial charge is 0.224 e. The first-order valence-corrected chi connectivity index (χ1v) is 6.86. The summed E-state index contributed by atoms with van der Waals surface area (Å²) >= 11 is 6.16. The number of halogens is 2. The number of hydrogen-bond donors (Lipinski definition) is 1. The fourth-order valence-electron chi connectivity index (χ4n) is 1.84. The van der Waals surface area contributed by atoms with Gasteiger partial charge in [0.1, 0.15) is 5.82 Å². The molecule has 1 unspecified atom stereocenters. The SMILES string of the molecule is CC(C)(C)CC(Cl)CNC(=O)Cc1ccccc1F. The van der Waals surface area contributed by atoms with Gasteiger partial charge in [0.25, 0.3) is 0 Å². The van der Waals surface area contributed by atoms with Crippen molar-refractivity contribution in [2.45, 2.75) is 39.0 Å². The topological polar surface area (TPSA) is 29.1 Å². The van der Waals surface area contributed by atoms with Crippen molar-refractivity contribution in [1.29, 1.82) is 0 Å². The Bertz CT molecular complexity index is 428. The summed E-state index contributed by atoms with van der Waals surface area (Å²) in [6.07, 6.45) is 0.861. The number of carbonyl (C=O) groups is 1. The van der Waals surface area contributed by atoms with Crippen LogP contribution in [0.15, 0.2) is 24.3 Å². The van der Waals surface area contributed by atoms with Crippen LogP contribution in [-0.4, -0.2) is 17.8 Å². The third-order valence-electron chi connectivity index (χ3n) is 2.66. The summed E-state index contributed by atoms with van der Waals surface area (Å²) in [5.74, 6) is -0.556. The summed E-state index contributed by atoms with van der Waals surface area (Å²) in [5.41, 5.74) is 0.532. The molecule has 1 N–H and O–H groups in total. The second-order valence-corrected chi connectivity index (χ2v) is 6.55. The average Bonchev–Trinajstić information content (AvgIpc) is 2.27. The van der Waals surface area contributed by atoms with Gasteiger partial charge in [0.2, 0.25) is 5.91 Å². The molecule has 1 aromatic carbocycles. The predicted molar refractivity (Wildman–Crippen MR) is 76.8 cm³/mol. The fraction of sp³-hybridized carbons (Fsp3) is 0.533. The minimum absolute atomic E-state index is 0.0474. The molecule has 0 saturated heterocycles. The second-order valence-electron chi connectivity index (χ2n) is 5.93. The molecule has 19 heavy (non-hydrogen) atoms. The van der Waals surface area contributed by atoms with E-state index in [4.69, 9.17) is 11.6 Å². The third-order valence-corrected chi connectivity index (χ3v) is 2.97. The highest BCUT2D eigenvalue weighted by Gasteiger charge is 2.17. The highest BCUT2D eigenvalue weighted by molar-refractivity contribution is 6.20. The van der Waals surface area contributed by atoms with Crippen LogP contribution in [0, 0.1) is 11.2 Å². The normalized spacial score (nSPS) is 13.1. The van der Waals surface area contributed by atoms with Gasteiger partial charge in [-0.05, 0) is 23.5 Å². The van der Waals surface area contributed by atoms with E-state index in [2.05, 4.69) is 26.1 Å². The first-order chi connectivity index (χ1) is 8.78. The van der Waals surface area contributed by atoms with Crippen LogP contribution < -0.4 is 5.32 Å². The van der Waals surface area contributed by atoms with Crippen LogP contribution in [0.2, 0.25) is 0 Å². The molecular weight excluding hydrogens is 265 g/mol. The number of nitrogens with one attached hydrogen (secondary N) is 1. The fourth-order valence-corrected chi connectivity index (χ4v) is 2.38. The highest BCUT2D eigenvalue weighted by Crippen LogP contribution is 2.23. The van der Waals surface area contributed by atoms with Gasteiger partial charge >= 0.3 is 0 Å². The number of alkyl halides is 1. The zero-order chi connectivity index (χ0) is 14.5. The molecule has 0 aliphatic heterocycles. The number of amides is 1. The molecule has 0 bridgehead atoms. The molecule has 0 radical (unpaired) electrons. The minimum Gasteiger partial charge on any atom is -0.354 e. The van der Waals surface area contributed by atoms with Crippen LogP contribution in [0.5, 0.6) is 0 Å². The first-order valence-electron chi connectivity index (χ1n) is 6.42. The lowest BCUT2D eigenvalue weighted by Gasteiger charge is -2.22. The van der Waals surface area contributed by atoms with E-state index in [1.807, 2.05) is 0 Å². The molecule has 1 atom stereocenters. The molecule has 0 fully saturated rings. The summed E-state index contributed by atoms with van der Waals surface area (Å²) in [7, 11) is 0. The lowest BCUT2D eigenvalue weighted by molar-refractivity contribution is -0.120. The van der Waals surface area contributed by atoms with Crippen LogP contribution in [0.25, 0.3) is 0 Å². The van der Waals surface area contributed by atoms with Gasteiger partial charge in [0.05, 0.1) is 11.8 Å². The van der Waals surface area contributed by atoms with Crippen molar-refractivity contribution < 1.29 is 9.18 Å². The van der Waals surface area contributed by atoms with Crippen LogP contribution >= 0.6 is 11.6 Å². The van der Waals surface area contributed by atoms with Gasteiger partial charge in [-0.2, -0.15) is 0 Å². The van der Waals surface area contributed by atoms with E-state index in [0.717, 1.165) is 6.42 Å². The number of benzene rings is 1. The van der Waals surface area contributed by atoms with Gasteiger partial charge in [-0.15, -0.1) is 11.6 Å². The van der Waals surface area contributed by atoms with E-state index in [1.54, 1.807) is 18.2 Å². The molecule has 0 aliphatic carbocycles. The Morgan fingerprint density at radius 1 is 1.37 bits per heavy atom. The molecule has 1 aromatic rings. The Morgan fingerprint density at radius 2 is 2.00 bits per heavy atom. The van der Waals surface area contributed by atoms with Gasteiger partial charge in [0, 0.05) is 6.54 Å². The molecule has 1 rings (SSSR count). The number of rotatable bonds is 5. The van der Waals surface area contributed by atoms with Crippen molar-refractivity contribution in [3.63, 3.8) is 0 Å². The lowest BCUT2D eigenvalue weighted by Crippen LogP contribution is -2.32. The molecule has 106 valence electrons. The zero-order valence-electron chi connectivity index (χ0n) is 11.7. The monoisotopic (exact) mass is 285 g/mol. The Morgan fingerprint density at radius 3 is 2.58 bits per heavy atom. The Hall–Kier alpha value is -1.09. The van der Waals surface area contributed by atoms with Crippen LogP contribution in [-0.2, 0) is 11.2 Å². The van der Waals surface area contributed by atoms with Crippen molar-refractivity contribution in [1.82, 2.24) is 5.32 Å². The van der Waals surface area contributed by atoms with Gasteiger partial charge in [-0.1, -0.05) is 39.0 Å². The Kier molecular flexibility index (Phi) is 5.80. The number of carbonyl (C=O) groups excluding carboxylic acids is 1. The maximum absolute atomic E-state index is 13.4. The molecule has 1 amide bonds. The Balaban J connectivity index is 2.38. The van der Waals surface area contributed by atoms with Gasteiger partial charge < -0.3 is 5.32 Å². The van der Waals surface area contributed by atoms with E-state index >= 15 is 0 Å². The van der Waals surface area contributed by atoms with Crippen LogP contribution in [0.4, 0.5) is 4.39 Å². The van der Waals surface area contributed by atoms with Crippen molar-refractivity contribution in [2.75, 3.05) is 6.54 Å². The summed E-state index contributed by atoms with van der Waals surface area (Å²) < 4.78 is 13.4. The van der Waals surface area contributed by atoms with Crippen molar-refractivity contribution in [3.8, 4) is 0 Å². The van der Waals surface area contributed by atoms with Gasteiger partial charge in [-0.25, -0.2) is 4.39 Å². The van der Waals surface area contributed by atoms with E-state index in [-0.39, 0.29) is 28.9 Å². The summed E-state index contributed by atoms with van der Waals surface area (Å²) in [4.78, 5) is 11.7.